The second kappa shape index (κ2) is 14.5. The summed E-state index contributed by atoms with van der Waals surface area (Å²) < 4.78 is 6.64. The number of halogens is 1. The van der Waals surface area contributed by atoms with Gasteiger partial charge in [0.15, 0.2) is 15.8 Å². The maximum atomic E-state index is 13.3. The molecule has 1 saturated carbocycles. The van der Waals surface area contributed by atoms with Gasteiger partial charge in [-0.2, -0.15) is 0 Å². The van der Waals surface area contributed by atoms with Crippen molar-refractivity contribution in [3.63, 3.8) is 0 Å². The number of aliphatic hydroxyl groups is 1. The number of carbonyl (C=O) groups excluding carboxylic acids is 1. The lowest BCUT2D eigenvalue weighted by Gasteiger charge is -2.21. The van der Waals surface area contributed by atoms with Gasteiger partial charge in [0.05, 0.1) is 11.5 Å². The molecule has 2 N–H and O–H groups in total. The monoisotopic (exact) mass is 553 g/mol. The average molecular weight is 554 g/mol. The summed E-state index contributed by atoms with van der Waals surface area (Å²) in [6.07, 6.45) is 4.77. The fourth-order valence-corrected chi connectivity index (χ4v) is 7.04. The van der Waals surface area contributed by atoms with Crippen LogP contribution in [0, 0.1) is 11.8 Å². The molecule has 0 saturated heterocycles. The number of carbonyl (C=O) groups is 2. The molecule has 6 nitrogen and oxygen atoms in total. The molecule has 36 heavy (non-hydrogen) atoms. The number of hydrogen-bond donors (Lipinski definition) is 2. The first-order chi connectivity index (χ1) is 17.3. The van der Waals surface area contributed by atoms with Crippen LogP contribution in [0.15, 0.2) is 34.0 Å². The number of aliphatic hydroxyl groups excluding tert-OH is 1. The van der Waals surface area contributed by atoms with Gasteiger partial charge in [0.2, 0.25) is 0 Å². The number of benzene rings is 1. The lowest BCUT2D eigenvalue weighted by atomic mass is 9.87. The molecule has 1 aromatic heterocycles. The summed E-state index contributed by atoms with van der Waals surface area (Å²) in [7, 11) is 0. The van der Waals surface area contributed by atoms with E-state index in [9.17, 15) is 14.7 Å². The van der Waals surface area contributed by atoms with E-state index in [1.165, 1.54) is 28.5 Å². The standard InChI is InChI=1S/C27H36ClNO5S2/c1-3-5-14-34-25-23(28)19(12-9-17-7-10-18(11-8-17)22(30)6-4-2)20(24(25)31)13-15-35-27-29-21(16-36-27)26(32)33/h7-8,10-11,16,19-20,22-23,25,30H,3-6,9,12-15H2,1-2H3,(H,32,33)/t19-,20-,22?,23?,25?/m1/s1. The van der Waals surface area contributed by atoms with E-state index in [4.69, 9.17) is 21.4 Å². The second-order valence-electron chi connectivity index (χ2n) is 9.29. The van der Waals surface area contributed by atoms with Crippen LogP contribution in [0.25, 0.3) is 0 Å². The number of ether oxygens (including phenoxy) is 1. The van der Waals surface area contributed by atoms with Crippen molar-refractivity contribution in [3.05, 3.63) is 46.5 Å². The Hall–Kier alpha value is -1.45. The summed E-state index contributed by atoms with van der Waals surface area (Å²) in [5, 5.41) is 20.5. The summed E-state index contributed by atoms with van der Waals surface area (Å²) in [5.41, 5.74) is 2.14. The minimum atomic E-state index is -1.03. The molecular weight excluding hydrogens is 518 g/mol. The number of aromatic carboxylic acids is 1. The number of aryl methyl sites for hydroxylation is 1. The summed E-state index contributed by atoms with van der Waals surface area (Å²) in [5.74, 6) is -0.484. The number of aromatic nitrogens is 1. The highest BCUT2D eigenvalue weighted by molar-refractivity contribution is 8.01. The molecule has 2 aromatic rings. The molecule has 5 atom stereocenters. The first-order valence-corrected chi connectivity index (χ1v) is 15.0. The largest absolute Gasteiger partial charge is 0.476 e. The van der Waals surface area contributed by atoms with Crippen molar-refractivity contribution in [1.29, 1.82) is 0 Å². The Morgan fingerprint density at radius 1 is 1.22 bits per heavy atom. The zero-order valence-corrected chi connectivity index (χ0v) is 23.3. The number of thiazole rings is 1. The summed E-state index contributed by atoms with van der Waals surface area (Å²) >= 11 is 9.64. The number of Topliss-reactive ketones (excluding diaryl/α,β-unsaturated/α-hetero) is 1. The predicted octanol–water partition coefficient (Wildman–Crippen LogP) is 6.40. The maximum Gasteiger partial charge on any atom is 0.355 e. The van der Waals surface area contributed by atoms with Crippen LogP contribution in [0.4, 0.5) is 0 Å². The Labute approximate surface area is 226 Å². The lowest BCUT2D eigenvalue weighted by Crippen LogP contribution is -2.28. The molecular formula is C27H36ClNO5S2. The summed E-state index contributed by atoms with van der Waals surface area (Å²) in [6, 6.07) is 8.07. The minimum absolute atomic E-state index is 0.00243. The van der Waals surface area contributed by atoms with E-state index in [1.54, 1.807) is 0 Å². The molecule has 0 spiro atoms. The molecule has 0 amide bonds. The molecule has 0 radical (unpaired) electrons. The zero-order valence-electron chi connectivity index (χ0n) is 20.9. The van der Waals surface area contributed by atoms with Gasteiger partial charge in [-0.25, -0.2) is 9.78 Å². The fraction of sp³-hybridized carbons (Fsp3) is 0.593. The van der Waals surface area contributed by atoms with Gasteiger partial charge in [-0.15, -0.1) is 22.9 Å². The molecule has 1 fully saturated rings. The van der Waals surface area contributed by atoms with Crippen molar-refractivity contribution in [2.75, 3.05) is 12.4 Å². The molecule has 3 rings (SSSR count). The summed E-state index contributed by atoms with van der Waals surface area (Å²) in [6.45, 7) is 4.67. The number of ketones is 1. The van der Waals surface area contributed by atoms with Gasteiger partial charge in [-0.3, -0.25) is 4.79 Å². The molecule has 9 heteroatoms. The van der Waals surface area contributed by atoms with Crippen molar-refractivity contribution >= 4 is 46.5 Å². The van der Waals surface area contributed by atoms with Gasteiger partial charge >= 0.3 is 5.97 Å². The smallest absolute Gasteiger partial charge is 0.355 e. The van der Waals surface area contributed by atoms with Gasteiger partial charge in [0.1, 0.15) is 6.10 Å². The number of nitrogens with zero attached hydrogens (tertiary/aromatic N) is 1. The second-order valence-corrected chi connectivity index (χ2v) is 12.0. The zero-order chi connectivity index (χ0) is 26.1. The van der Waals surface area contributed by atoms with E-state index in [0.29, 0.717) is 23.1 Å². The van der Waals surface area contributed by atoms with Gasteiger partial charge in [-0.1, -0.05) is 62.7 Å². The van der Waals surface area contributed by atoms with Crippen molar-refractivity contribution in [1.82, 2.24) is 4.98 Å². The van der Waals surface area contributed by atoms with Crippen molar-refractivity contribution in [3.8, 4) is 0 Å². The lowest BCUT2D eigenvalue weighted by molar-refractivity contribution is -0.130. The number of alkyl halides is 1. The van der Waals surface area contributed by atoms with E-state index in [-0.39, 0.29) is 28.7 Å². The first-order valence-electron chi connectivity index (χ1n) is 12.7. The Morgan fingerprint density at radius 3 is 2.61 bits per heavy atom. The molecule has 1 aromatic carbocycles. The van der Waals surface area contributed by atoms with Crippen molar-refractivity contribution < 1.29 is 24.5 Å². The molecule has 1 aliphatic carbocycles. The van der Waals surface area contributed by atoms with Crippen LogP contribution >= 0.6 is 34.7 Å². The SMILES string of the molecule is CCCCOC1C(=O)[C@H](CCSc2nc(C(=O)O)cs2)[C@@H](CCc2ccc(C(O)CCC)cc2)C1Cl. The predicted molar refractivity (Wildman–Crippen MR) is 145 cm³/mol. The molecule has 3 unspecified atom stereocenters. The molecule has 0 bridgehead atoms. The third kappa shape index (κ3) is 7.78. The Balaban J connectivity index is 1.63. The molecule has 1 aliphatic rings. The van der Waals surface area contributed by atoms with Gasteiger partial charge < -0.3 is 14.9 Å². The molecule has 1 heterocycles. The Bertz CT molecular complexity index is 983. The van der Waals surface area contributed by atoms with E-state index in [0.717, 1.165) is 49.7 Å². The number of unbranched alkanes of at least 4 members (excludes halogenated alkanes) is 1. The highest BCUT2D eigenvalue weighted by Crippen LogP contribution is 2.41. The average Bonchev–Trinajstić information content (AvgIpc) is 3.42. The number of thioether (sulfide) groups is 1. The quantitative estimate of drug-likeness (QED) is 0.150. The normalized spacial score (nSPS) is 22.7. The van der Waals surface area contributed by atoms with Crippen LogP contribution in [-0.2, 0) is 16.0 Å². The highest BCUT2D eigenvalue weighted by Gasteiger charge is 2.49. The van der Waals surface area contributed by atoms with Crippen LogP contribution in [0.3, 0.4) is 0 Å². The van der Waals surface area contributed by atoms with Crippen LogP contribution in [0.1, 0.15) is 80.1 Å². The topological polar surface area (TPSA) is 96.7 Å². The Morgan fingerprint density at radius 2 is 1.97 bits per heavy atom. The number of carboxylic acids is 1. The van der Waals surface area contributed by atoms with Gasteiger partial charge in [0.25, 0.3) is 0 Å². The molecule has 0 aliphatic heterocycles. The van der Waals surface area contributed by atoms with Crippen LogP contribution < -0.4 is 0 Å². The number of carboxylic acid groups (broad SMARTS) is 1. The molecule has 198 valence electrons. The first kappa shape index (κ1) is 29.1. The van der Waals surface area contributed by atoms with Crippen molar-refractivity contribution in [2.45, 2.75) is 80.7 Å². The van der Waals surface area contributed by atoms with Crippen molar-refractivity contribution in [2.24, 2.45) is 11.8 Å². The summed E-state index contributed by atoms with van der Waals surface area (Å²) in [4.78, 5) is 28.5. The Kier molecular flexibility index (Phi) is 11.7. The van der Waals surface area contributed by atoms with E-state index in [2.05, 4.69) is 31.0 Å². The fourth-order valence-electron chi connectivity index (χ4n) is 4.65. The third-order valence-corrected chi connectivity index (χ3v) is 9.31. The number of hydrogen-bond acceptors (Lipinski definition) is 7. The van der Waals surface area contributed by atoms with Crippen LogP contribution in [-0.4, -0.2) is 50.8 Å². The highest BCUT2D eigenvalue weighted by atomic mass is 35.5. The van der Waals surface area contributed by atoms with Crippen LogP contribution in [0.5, 0.6) is 0 Å². The number of rotatable bonds is 15. The van der Waals surface area contributed by atoms with Gasteiger partial charge in [0, 0.05) is 23.7 Å². The third-order valence-electron chi connectivity index (χ3n) is 6.71. The maximum absolute atomic E-state index is 13.3. The van der Waals surface area contributed by atoms with Crippen LogP contribution in [0.2, 0.25) is 0 Å². The van der Waals surface area contributed by atoms with E-state index in [1.807, 2.05) is 12.1 Å². The van der Waals surface area contributed by atoms with Gasteiger partial charge in [-0.05, 0) is 49.1 Å². The van der Waals surface area contributed by atoms with E-state index < -0.39 is 18.2 Å². The van der Waals surface area contributed by atoms with E-state index >= 15 is 0 Å². The minimum Gasteiger partial charge on any atom is -0.476 e.